The van der Waals surface area contributed by atoms with Crippen LogP contribution in [0.5, 0.6) is 0 Å². The topological polar surface area (TPSA) is 112 Å². The second kappa shape index (κ2) is 11.2. The largest absolute Gasteiger partial charge is 0.352 e. The van der Waals surface area contributed by atoms with E-state index in [2.05, 4.69) is 0 Å². The highest BCUT2D eigenvalue weighted by atomic mass is 16.7. The average molecular weight is 543 g/mol. The molecular formula is C29H38N2O8. The zero-order valence-electron chi connectivity index (χ0n) is 22.3. The molecule has 10 heteroatoms. The number of carbonyl (C=O) groups excluding carboxylic acids is 4. The van der Waals surface area contributed by atoms with E-state index in [-0.39, 0.29) is 65.3 Å². The Morgan fingerprint density at radius 1 is 0.564 bits per heavy atom. The Morgan fingerprint density at radius 3 is 1.18 bits per heavy atom. The highest BCUT2D eigenvalue weighted by molar-refractivity contribution is 6.06. The number of amides is 4. The van der Waals surface area contributed by atoms with Crippen LogP contribution in [0, 0.1) is 29.1 Å². The van der Waals surface area contributed by atoms with Gasteiger partial charge in [-0.2, -0.15) is 0 Å². The Labute approximate surface area is 228 Å². The number of hydrogen-bond acceptors (Lipinski definition) is 8. The maximum atomic E-state index is 12.6. The van der Waals surface area contributed by atoms with Crippen LogP contribution in [-0.2, 0) is 38.1 Å². The van der Waals surface area contributed by atoms with Gasteiger partial charge in [-0.25, -0.2) is 0 Å². The van der Waals surface area contributed by atoms with Crippen LogP contribution in [0.1, 0.15) is 51.4 Å². The first-order chi connectivity index (χ1) is 19.0. The molecule has 4 amide bonds. The lowest BCUT2D eigenvalue weighted by Crippen LogP contribution is -2.52. The number of ether oxygens (including phenoxy) is 4. The molecule has 4 unspecified atom stereocenters. The molecule has 2 aliphatic carbocycles. The van der Waals surface area contributed by atoms with Gasteiger partial charge in [-0.1, -0.05) is 24.3 Å². The first-order valence-electron chi connectivity index (χ1n) is 14.4. The number of imide groups is 2. The number of allylic oxidation sites excluding steroid dienone is 4. The SMILES string of the molecule is O=C1C2CC=CCC2C(=O)N1CCCC1OCC2(CO1)COC(CCCN1C(=O)C3CC=CCC3C1=O)OC2. The van der Waals surface area contributed by atoms with Crippen LogP contribution in [0.15, 0.2) is 24.3 Å². The van der Waals surface area contributed by atoms with Crippen molar-refractivity contribution in [3.63, 3.8) is 0 Å². The van der Waals surface area contributed by atoms with E-state index in [1.807, 2.05) is 24.3 Å². The highest BCUT2D eigenvalue weighted by Crippen LogP contribution is 2.37. The zero-order valence-corrected chi connectivity index (χ0v) is 22.3. The Hall–Kier alpha value is -2.40. The molecule has 4 saturated heterocycles. The minimum Gasteiger partial charge on any atom is -0.352 e. The smallest absolute Gasteiger partial charge is 0.233 e. The average Bonchev–Trinajstić information content (AvgIpc) is 3.36. The van der Waals surface area contributed by atoms with Gasteiger partial charge in [0.2, 0.25) is 23.6 Å². The van der Waals surface area contributed by atoms with Crippen molar-refractivity contribution in [1.82, 2.24) is 9.80 Å². The summed E-state index contributed by atoms with van der Waals surface area (Å²) in [5, 5.41) is 0. The molecule has 4 fully saturated rings. The Kier molecular flexibility index (Phi) is 7.72. The monoisotopic (exact) mass is 542 g/mol. The number of nitrogens with zero attached hydrogens (tertiary/aromatic N) is 2. The van der Waals surface area contributed by atoms with E-state index in [1.54, 1.807) is 0 Å². The van der Waals surface area contributed by atoms with Gasteiger partial charge in [-0.3, -0.25) is 29.0 Å². The molecular weight excluding hydrogens is 504 g/mol. The molecule has 6 rings (SSSR count). The van der Waals surface area contributed by atoms with E-state index in [0.717, 1.165) is 0 Å². The number of hydrogen-bond donors (Lipinski definition) is 0. The fourth-order valence-corrected chi connectivity index (χ4v) is 6.77. The van der Waals surface area contributed by atoms with Crippen LogP contribution in [-0.4, -0.2) is 85.5 Å². The van der Waals surface area contributed by atoms with Crippen LogP contribution in [0.25, 0.3) is 0 Å². The summed E-state index contributed by atoms with van der Waals surface area (Å²) in [5.74, 6) is -0.924. The molecule has 39 heavy (non-hydrogen) atoms. The van der Waals surface area contributed by atoms with Gasteiger partial charge in [-0.15, -0.1) is 0 Å². The number of likely N-dealkylation sites (tertiary alicyclic amines) is 2. The van der Waals surface area contributed by atoms with Gasteiger partial charge >= 0.3 is 0 Å². The van der Waals surface area contributed by atoms with Crippen molar-refractivity contribution < 1.29 is 38.1 Å². The summed E-state index contributed by atoms with van der Waals surface area (Å²) in [5.41, 5.74) is -0.361. The van der Waals surface area contributed by atoms with Crippen molar-refractivity contribution >= 4 is 23.6 Å². The predicted molar refractivity (Wildman–Crippen MR) is 136 cm³/mol. The van der Waals surface area contributed by atoms with E-state index in [9.17, 15) is 19.2 Å². The fourth-order valence-electron chi connectivity index (χ4n) is 6.77. The minimum absolute atomic E-state index is 0.0428. The molecule has 4 atom stereocenters. The van der Waals surface area contributed by atoms with Crippen LogP contribution < -0.4 is 0 Å². The van der Waals surface area contributed by atoms with Gasteiger partial charge in [-0.05, 0) is 38.5 Å². The van der Waals surface area contributed by atoms with Crippen LogP contribution in [0.2, 0.25) is 0 Å². The second-order valence-electron chi connectivity index (χ2n) is 11.9. The van der Waals surface area contributed by atoms with E-state index in [4.69, 9.17) is 18.9 Å². The third-order valence-corrected chi connectivity index (χ3v) is 9.14. The van der Waals surface area contributed by atoms with E-state index >= 15 is 0 Å². The molecule has 0 bridgehead atoms. The molecule has 0 N–H and O–H groups in total. The van der Waals surface area contributed by atoms with Gasteiger partial charge in [0.15, 0.2) is 12.6 Å². The van der Waals surface area contributed by atoms with Gasteiger partial charge < -0.3 is 18.9 Å². The molecule has 4 heterocycles. The predicted octanol–water partition coefficient (Wildman–Crippen LogP) is 2.18. The molecule has 0 saturated carbocycles. The van der Waals surface area contributed by atoms with Crippen LogP contribution in [0.4, 0.5) is 0 Å². The van der Waals surface area contributed by atoms with E-state index in [0.29, 0.717) is 90.9 Å². The summed E-state index contributed by atoms with van der Waals surface area (Å²) in [6, 6.07) is 0. The quantitative estimate of drug-likeness (QED) is 0.339. The molecule has 6 aliphatic rings. The summed E-state index contributed by atoms with van der Waals surface area (Å²) in [6.45, 7) is 2.62. The van der Waals surface area contributed by atoms with Gasteiger partial charge in [0.05, 0.1) is 55.5 Å². The minimum atomic E-state index is -0.375. The van der Waals surface area contributed by atoms with Crippen molar-refractivity contribution in [3.05, 3.63) is 24.3 Å². The first kappa shape index (κ1) is 26.8. The van der Waals surface area contributed by atoms with Crippen molar-refractivity contribution in [2.24, 2.45) is 29.1 Å². The molecule has 0 aromatic carbocycles. The van der Waals surface area contributed by atoms with E-state index in [1.165, 1.54) is 9.80 Å². The lowest BCUT2D eigenvalue weighted by Gasteiger charge is -2.43. The molecule has 0 radical (unpaired) electrons. The second-order valence-corrected chi connectivity index (χ2v) is 11.9. The summed E-state index contributed by atoms with van der Waals surface area (Å²) < 4.78 is 23.9. The number of fused-ring (bicyclic) bond motifs is 2. The Bertz CT molecular complexity index is 902. The summed E-state index contributed by atoms with van der Waals surface area (Å²) in [7, 11) is 0. The van der Waals surface area contributed by atoms with Crippen molar-refractivity contribution in [3.8, 4) is 0 Å². The van der Waals surface area contributed by atoms with Gasteiger partial charge in [0.25, 0.3) is 0 Å². The molecule has 0 aromatic heterocycles. The molecule has 212 valence electrons. The number of rotatable bonds is 8. The third-order valence-electron chi connectivity index (χ3n) is 9.14. The normalized spacial score (nSPS) is 38.2. The van der Waals surface area contributed by atoms with Gasteiger partial charge in [0.1, 0.15) is 0 Å². The van der Waals surface area contributed by atoms with Crippen LogP contribution >= 0.6 is 0 Å². The number of carbonyl (C=O) groups is 4. The zero-order chi connectivity index (χ0) is 27.0. The standard InChI is InChI=1S/C29H38N2O8/c32-25-19-7-1-2-8-20(19)26(33)30(25)13-5-11-23-36-15-29(16-37-23)17-38-24(39-18-29)12-6-14-31-27(34)21-9-3-4-10-22(21)28(31)35/h1-4,19-24H,5-18H2. The van der Waals surface area contributed by atoms with Crippen molar-refractivity contribution in [1.29, 1.82) is 0 Å². The summed E-state index contributed by atoms with van der Waals surface area (Å²) in [4.78, 5) is 53.3. The summed E-state index contributed by atoms with van der Waals surface area (Å²) >= 11 is 0. The van der Waals surface area contributed by atoms with Crippen LogP contribution in [0.3, 0.4) is 0 Å². The molecule has 4 aliphatic heterocycles. The molecule has 10 nitrogen and oxygen atoms in total. The van der Waals surface area contributed by atoms with Crippen molar-refractivity contribution in [2.75, 3.05) is 39.5 Å². The maximum Gasteiger partial charge on any atom is 0.233 e. The van der Waals surface area contributed by atoms with Crippen molar-refractivity contribution in [2.45, 2.75) is 63.9 Å². The molecule has 1 spiro atoms. The Morgan fingerprint density at radius 2 is 0.872 bits per heavy atom. The lowest BCUT2D eigenvalue weighted by molar-refractivity contribution is -0.304. The molecule has 0 aromatic rings. The maximum absolute atomic E-state index is 12.6. The van der Waals surface area contributed by atoms with Gasteiger partial charge in [0, 0.05) is 25.9 Å². The lowest BCUT2D eigenvalue weighted by atomic mass is 9.85. The summed E-state index contributed by atoms with van der Waals surface area (Å²) in [6.07, 6.45) is 12.4. The fraction of sp³-hybridized carbons (Fsp3) is 0.724. The Balaban J connectivity index is 0.876. The third kappa shape index (κ3) is 5.24. The van der Waals surface area contributed by atoms with E-state index < -0.39 is 0 Å². The first-order valence-corrected chi connectivity index (χ1v) is 14.4. The highest BCUT2D eigenvalue weighted by Gasteiger charge is 2.48.